The largest absolute Gasteiger partial charge is 0.334 e. The fraction of sp³-hybridized carbons (Fsp3) is 0.400. The normalized spacial score (nSPS) is 18.0. The zero-order chi connectivity index (χ0) is 18.3. The van der Waals surface area contributed by atoms with Gasteiger partial charge in [-0.15, -0.1) is 11.3 Å². The SMILES string of the molecule is C[C@@H]1CCc2c(sc3nc([C@@H](C)[NH2+]Cc4cccc(Cl)c4)[nH]c(=O)c23)C1. The van der Waals surface area contributed by atoms with E-state index < -0.39 is 0 Å². The number of nitrogens with two attached hydrogens (primary N) is 1. The number of quaternary nitrogens is 1. The van der Waals surface area contributed by atoms with Crippen LogP contribution < -0.4 is 10.9 Å². The Hall–Kier alpha value is -1.69. The highest BCUT2D eigenvalue weighted by Crippen LogP contribution is 2.35. The molecule has 1 aromatic carbocycles. The molecule has 3 aromatic rings. The molecule has 4 rings (SSSR count). The average Bonchev–Trinajstić information content (AvgIpc) is 2.97. The number of halogens is 1. The minimum Gasteiger partial charge on any atom is -0.334 e. The van der Waals surface area contributed by atoms with Crippen molar-refractivity contribution in [1.29, 1.82) is 0 Å². The summed E-state index contributed by atoms with van der Waals surface area (Å²) < 4.78 is 0. The number of aromatic amines is 1. The van der Waals surface area contributed by atoms with Crippen LogP contribution in [0.4, 0.5) is 0 Å². The minimum absolute atomic E-state index is 0.0139. The Bertz CT molecular complexity index is 1010. The number of nitrogens with zero attached hydrogens (tertiary/aromatic N) is 1. The average molecular weight is 389 g/mol. The molecule has 1 aliphatic carbocycles. The molecule has 26 heavy (non-hydrogen) atoms. The molecule has 0 spiro atoms. The van der Waals surface area contributed by atoms with Gasteiger partial charge in [0.05, 0.1) is 5.39 Å². The molecule has 136 valence electrons. The molecule has 6 heteroatoms. The molecular weight excluding hydrogens is 366 g/mol. The Kier molecular flexibility index (Phi) is 4.86. The fourth-order valence-electron chi connectivity index (χ4n) is 3.67. The number of aryl methyl sites for hydroxylation is 1. The maximum Gasteiger partial charge on any atom is 0.260 e. The summed E-state index contributed by atoms with van der Waals surface area (Å²) in [6.07, 6.45) is 3.22. The van der Waals surface area contributed by atoms with Gasteiger partial charge in [-0.2, -0.15) is 0 Å². The predicted molar refractivity (Wildman–Crippen MR) is 107 cm³/mol. The van der Waals surface area contributed by atoms with E-state index in [0.29, 0.717) is 5.92 Å². The lowest BCUT2D eigenvalue weighted by atomic mass is 9.89. The van der Waals surface area contributed by atoms with Gasteiger partial charge in [0, 0.05) is 15.5 Å². The predicted octanol–water partition coefficient (Wildman–Crippen LogP) is 3.59. The quantitative estimate of drug-likeness (QED) is 0.717. The van der Waals surface area contributed by atoms with Crippen molar-refractivity contribution in [1.82, 2.24) is 9.97 Å². The van der Waals surface area contributed by atoms with Crippen molar-refractivity contribution in [3.8, 4) is 0 Å². The molecule has 0 bridgehead atoms. The number of thiophene rings is 1. The summed E-state index contributed by atoms with van der Waals surface area (Å²) in [6, 6.07) is 7.94. The molecule has 2 aromatic heterocycles. The second-order valence-electron chi connectivity index (χ2n) is 7.34. The third-order valence-electron chi connectivity index (χ3n) is 5.21. The molecule has 0 amide bonds. The van der Waals surface area contributed by atoms with Crippen LogP contribution in [0.1, 0.15) is 48.1 Å². The summed E-state index contributed by atoms with van der Waals surface area (Å²) in [5, 5.41) is 3.74. The van der Waals surface area contributed by atoms with Crippen LogP contribution in [-0.4, -0.2) is 9.97 Å². The second-order valence-corrected chi connectivity index (χ2v) is 8.86. The highest BCUT2D eigenvalue weighted by atomic mass is 35.5. The first-order valence-corrected chi connectivity index (χ1v) is 10.3. The van der Waals surface area contributed by atoms with E-state index in [1.807, 2.05) is 18.2 Å². The van der Waals surface area contributed by atoms with Crippen molar-refractivity contribution < 1.29 is 5.32 Å². The van der Waals surface area contributed by atoms with E-state index >= 15 is 0 Å². The number of fused-ring (bicyclic) bond motifs is 3. The van der Waals surface area contributed by atoms with Crippen LogP contribution in [0.5, 0.6) is 0 Å². The van der Waals surface area contributed by atoms with Gasteiger partial charge in [0.2, 0.25) is 0 Å². The number of hydrogen-bond donors (Lipinski definition) is 2. The molecule has 2 atom stereocenters. The van der Waals surface area contributed by atoms with Crippen LogP contribution >= 0.6 is 22.9 Å². The zero-order valence-corrected chi connectivity index (χ0v) is 16.6. The molecule has 0 saturated carbocycles. The van der Waals surface area contributed by atoms with E-state index in [9.17, 15) is 4.79 Å². The highest BCUT2D eigenvalue weighted by Gasteiger charge is 2.24. The van der Waals surface area contributed by atoms with Crippen molar-refractivity contribution in [3.63, 3.8) is 0 Å². The lowest BCUT2D eigenvalue weighted by Gasteiger charge is -2.17. The number of rotatable bonds is 4. The summed E-state index contributed by atoms with van der Waals surface area (Å²) in [7, 11) is 0. The molecule has 4 nitrogen and oxygen atoms in total. The van der Waals surface area contributed by atoms with Crippen LogP contribution in [-0.2, 0) is 19.4 Å². The lowest BCUT2D eigenvalue weighted by molar-refractivity contribution is -0.709. The zero-order valence-electron chi connectivity index (χ0n) is 15.0. The fourth-order valence-corrected chi connectivity index (χ4v) is 5.27. The maximum atomic E-state index is 12.7. The van der Waals surface area contributed by atoms with Crippen LogP contribution in [0.3, 0.4) is 0 Å². The highest BCUT2D eigenvalue weighted by molar-refractivity contribution is 7.18. The maximum absolute atomic E-state index is 12.7. The molecule has 3 N–H and O–H groups in total. The summed E-state index contributed by atoms with van der Waals surface area (Å²) in [5.74, 6) is 1.44. The van der Waals surface area contributed by atoms with Gasteiger partial charge < -0.3 is 10.3 Å². The minimum atomic E-state index is 0.0139. The van der Waals surface area contributed by atoms with Crippen LogP contribution in [0.15, 0.2) is 29.1 Å². The van der Waals surface area contributed by atoms with E-state index in [-0.39, 0.29) is 11.6 Å². The molecule has 0 saturated heterocycles. The molecule has 2 heterocycles. The van der Waals surface area contributed by atoms with Gasteiger partial charge in [-0.25, -0.2) is 4.98 Å². The van der Waals surface area contributed by atoms with Crippen molar-refractivity contribution in [2.24, 2.45) is 5.92 Å². The second kappa shape index (κ2) is 7.14. The summed E-state index contributed by atoms with van der Waals surface area (Å²) in [5.41, 5.74) is 2.41. The molecule has 0 fully saturated rings. The van der Waals surface area contributed by atoms with E-state index in [2.05, 4.69) is 30.2 Å². The first kappa shape index (κ1) is 17.7. The van der Waals surface area contributed by atoms with Crippen LogP contribution in [0, 0.1) is 5.92 Å². The Morgan fingerprint density at radius 3 is 3.12 bits per heavy atom. The van der Waals surface area contributed by atoms with Crippen molar-refractivity contribution in [2.75, 3.05) is 0 Å². The van der Waals surface area contributed by atoms with Gasteiger partial charge >= 0.3 is 0 Å². The van der Waals surface area contributed by atoms with E-state index in [0.717, 1.165) is 52.4 Å². The van der Waals surface area contributed by atoms with E-state index in [4.69, 9.17) is 16.6 Å². The molecule has 0 aliphatic heterocycles. The Balaban J connectivity index is 1.59. The first-order chi connectivity index (χ1) is 12.5. The molecule has 0 radical (unpaired) electrons. The van der Waals surface area contributed by atoms with E-state index in [1.165, 1.54) is 10.4 Å². The lowest BCUT2D eigenvalue weighted by Crippen LogP contribution is -2.83. The number of H-pyrrole nitrogens is 1. The van der Waals surface area contributed by atoms with Crippen molar-refractivity contribution in [2.45, 2.75) is 45.7 Å². The summed E-state index contributed by atoms with van der Waals surface area (Å²) in [6.45, 7) is 5.15. The first-order valence-electron chi connectivity index (χ1n) is 9.13. The summed E-state index contributed by atoms with van der Waals surface area (Å²) in [4.78, 5) is 22.8. The van der Waals surface area contributed by atoms with Gasteiger partial charge in [0.15, 0.2) is 5.82 Å². The number of aromatic nitrogens is 2. The van der Waals surface area contributed by atoms with Gasteiger partial charge in [0.25, 0.3) is 5.56 Å². The Labute approximate surface area is 161 Å². The third-order valence-corrected chi connectivity index (χ3v) is 6.59. The monoisotopic (exact) mass is 388 g/mol. The number of nitrogens with one attached hydrogen (secondary N) is 1. The smallest absolute Gasteiger partial charge is 0.260 e. The van der Waals surface area contributed by atoms with Crippen molar-refractivity contribution in [3.05, 3.63) is 61.5 Å². The van der Waals surface area contributed by atoms with E-state index in [1.54, 1.807) is 11.3 Å². The van der Waals surface area contributed by atoms with Crippen molar-refractivity contribution >= 4 is 33.2 Å². The van der Waals surface area contributed by atoms with Gasteiger partial charge in [-0.3, -0.25) is 4.79 Å². The molecule has 0 unspecified atom stereocenters. The standard InChI is InChI=1S/C20H22ClN3OS/c1-11-6-7-15-16(8-11)26-20-17(15)19(25)23-18(24-20)12(2)22-10-13-4-3-5-14(21)9-13/h3-5,9,11-12,22H,6-8,10H2,1-2H3,(H,23,24,25)/p+1/t11-,12-/m1/s1. The number of benzene rings is 1. The topological polar surface area (TPSA) is 62.4 Å². The van der Waals surface area contributed by atoms with Crippen LogP contribution in [0.25, 0.3) is 10.2 Å². The Morgan fingerprint density at radius 2 is 2.31 bits per heavy atom. The molecule has 1 aliphatic rings. The van der Waals surface area contributed by atoms with Gasteiger partial charge in [0.1, 0.15) is 17.4 Å². The van der Waals surface area contributed by atoms with Gasteiger partial charge in [-0.05, 0) is 49.8 Å². The van der Waals surface area contributed by atoms with Gasteiger partial charge in [-0.1, -0.05) is 30.7 Å². The summed E-state index contributed by atoms with van der Waals surface area (Å²) >= 11 is 7.75. The third kappa shape index (κ3) is 3.43. The Morgan fingerprint density at radius 1 is 1.46 bits per heavy atom. The number of hydrogen-bond acceptors (Lipinski definition) is 3. The molecular formula is C20H23ClN3OS+. The van der Waals surface area contributed by atoms with Crippen LogP contribution in [0.2, 0.25) is 5.02 Å².